The lowest BCUT2D eigenvalue weighted by Crippen LogP contribution is -2.53. The van der Waals surface area contributed by atoms with E-state index in [9.17, 15) is 19.2 Å². The van der Waals surface area contributed by atoms with Crippen molar-refractivity contribution in [2.75, 3.05) is 20.8 Å². The van der Waals surface area contributed by atoms with Crippen molar-refractivity contribution in [3.8, 4) is 33.6 Å². The third-order valence-electron chi connectivity index (χ3n) is 13.3. The van der Waals surface area contributed by atoms with Crippen LogP contribution in [-0.4, -0.2) is 92.6 Å². The van der Waals surface area contributed by atoms with Crippen LogP contribution in [0.1, 0.15) is 96.9 Å². The van der Waals surface area contributed by atoms with Gasteiger partial charge in [0.2, 0.25) is 11.8 Å². The number of aromatic amines is 2. The monoisotopic (exact) mass is 842 g/mol. The van der Waals surface area contributed by atoms with Crippen LogP contribution in [0.5, 0.6) is 0 Å². The number of nitrogens with one attached hydrogen (secondary N) is 4. The smallest absolute Gasteiger partial charge is 0.407 e. The first kappa shape index (κ1) is 42.5. The summed E-state index contributed by atoms with van der Waals surface area (Å²) in [5.74, 6) is 1.04. The fourth-order valence-electron chi connectivity index (χ4n) is 9.44. The molecule has 8 rings (SSSR count). The summed E-state index contributed by atoms with van der Waals surface area (Å²) in [6.45, 7) is 10.4. The van der Waals surface area contributed by atoms with Crippen molar-refractivity contribution in [1.82, 2.24) is 40.4 Å². The zero-order valence-corrected chi connectivity index (χ0v) is 36.7. The van der Waals surface area contributed by atoms with E-state index in [0.29, 0.717) is 6.54 Å². The number of fused-ring (bicyclic) bond motifs is 1. The summed E-state index contributed by atoms with van der Waals surface area (Å²) in [5, 5.41) is 7.70. The second kappa shape index (κ2) is 17.3. The summed E-state index contributed by atoms with van der Waals surface area (Å²) in [5.41, 5.74) is 6.04. The molecule has 5 aromatic rings. The summed E-state index contributed by atoms with van der Waals surface area (Å²) in [4.78, 5) is 72.6. The topological polar surface area (TPSA) is 175 Å². The maximum Gasteiger partial charge on any atom is 0.407 e. The van der Waals surface area contributed by atoms with Crippen LogP contribution >= 0.6 is 0 Å². The van der Waals surface area contributed by atoms with Gasteiger partial charge in [-0.2, -0.15) is 0 Å². The van der Waals surface area contributed by atoms with Gasteiger partial charge in [0.05, 0.1) is 50.1 Å². The van der Waals surface area contributed by atoms with Crippen LogP contribution in [0.25, 0.3) is 44.4 Å². The first-order valence-electron chi connectivity index (χ1n) is 21.9. The van der Waals surface area contributed by atoms with Crippen molar-refractivity contribution in [1.29, 1.82) is 0 Å². The van der Waals surface area contributed by atoms with Crippen LogP contribution in [0.15, 0.2) is 73.1 Å². The van der Waals surface area contributed by atoms with Gasteiger partial charge in [-0.3, -0.25) is 9.59 Å². The summed E-state index contributed by atoms with van der Waals surface area (Å²) >= 11 is 0. The first-order valence-corrected chi connectivity index (χ1v) is 21.9. The summed E-state index contributed by atoms with van der Waals surface area (Å²) in [6, 6.07) is 19.5. The minimum Gasteiger partial charge on any atom is -0.453 e. The number of carbonyl (C=O) groups is 4. The molecule has 4 heterocycles. The lowest BCUT2D eigenvalue weighted by molar-refractivity contribution is -0.138. The molecule has 3 aromatic carbocycles. The number of aromatic nitrogens is 4. The van der Waals surface area contributed by atoms with Gasteiger partial charge in [-0.05, 0) is 95.4 Å². The molecule has 14 heteroatoms. The molecule has 4 amide bonds. The normalized spacial score (nSPS) is 20.2. The number of alkyl carbamates (subject to hydrolysis) is 2. The largest absolute Gasteiger partial charge is 0.453 e. The SMILES string of the molecule is CCC1CCC(c2ncc(-c3ccc(-c4ccc5cc(-c6cnc([C@@H]7CC8(CC8)CN7C(=O)[C@@H](NC(=O)OC)C(C)C)[nH]6)ccc5c4)cc3)[nH]2)N1C(=O)[C@@H](NC(=O)OC)C(C)C. The number of carbonyl (C=O) groups excluding carboxylic acids is 4. The number of hydrogen-bond donors (Lipinski definition) is 4. The van der Waals surface area contributed by atoms with E-state index in [1.165, 1.54) is 14.2 Å². The number of rotatable bonds is 12. The van der Waals surface area contributed by atoms with E-state index in [0.717, 1.165) is 94.6 Å². The van der Waals surface area contributed by atoms with Gasteiger partial charge in [-0.15, -0.1) is 0 Å². The maximum atomic E-state index is 13.9. The van der Waals surface area contributed by atoms with Crippen molar-refractivity contribution in [3.05, 3.63) is 84.7 Å². The Labute approximate surface area is 362 Å². The van der Waals surface area contributed by atoms with Gasteiger partial charge < -0.3 is 39.9 Å². The standard InChI is InChI=1S/C48H58N8O6/c1-8-35-17-18-38(56(35)45(58)41(28(4)5)54-47(60)62-7)42-49-24-36(51-42)30-11-9-29(10-12-30)31-13-14-33-22-34(16-15-32(33)21-31)37-25-50-43(52-37)39-23-48(19-20-48)26-55(39)44(57)40(27(2)3)53-46(59)61-6/h9-16,21-22,24-25,27-28,35,38-41H,8,17-20,23,26H2,1-7H3,(H,49,51)(H,50,52)(H,53,59)(H,54,60)/t35?,38?,39-,40-,41-/m0/s1. The number of methoxy groups -OCH3 is 2. The zero-order chi connectivity index (χ0) is 43.9. The van der Waals surface area contributed by atoms with E-state index in [1.807, 2.05) is 49.9 Å². The number of likely N-dealkylation sites (tertiary alicyclic amines) is 2. The molecule has 2 unspecified atom stereocenters. The van der Waals surface area contributed by atoms with Crippen LogP contribution in [0.2, 0.25) is 0 Å². The molecule has 2 aliphatic heterocycles. The van der Waals surface area contributed by atoms with Gasteiger partial charge in [0, 0.05) is 18.2 Å². The van der Waals surface area contributed by atoms with E-state index in [1.54, 1.807) is 0 Å². The molecule has 0 bridgehead atoms. The van der Waals surface area contributed by atoms with E-state index in [2.05, 4.69) is 88.2 Å². The maximum absolute atomic E-state index is 13.9. The van der Waals surface area contributed by atoms with Gasteiger partial charge in [0.1, 0.15) is 23.7 Å². The molecule has 1 saturated carbocycles. The average Bonchev–Trinajstić information content (AvgIpc) is 3.78. The highest BCUT2D eigenvalue weighted by Crippen LogP contribution is 2.58. The van der Waals surface area contributed by atoms with Gasteiger partial charge in [-0.25, -0.2) is 19.6 Å². The van der Waals surface area contributed by atoms with E-state index in [4.69, 9.17) is 19.4 Å². The van der Waals surface area contributed by atoms with Crippen LogP contribution in [0, 0.1) is 17.3 Å². The number of amides is 4. The predicted molar refractivity (Wildman–Crippen MR) is 237 cm³/mol. The molecule has 0 radical (unpaired) electrons. The summed E-state index contributed by atoms with van der Waals surface area (Å²) in [7, 11) is 2.61. The fraction of sp³-hybridized carbons (Fsp3) is 0.458. The van der Waals surface area contributed by atoms with Crippen molar-refractivity contribution in [2.45, 2.75) is 103 Å². The molecule has 326 valence electrons. The molecule has 3 fully saturated rings. The minimum absolute atomic E-state index is 0.0530. The Morgan fingerprint density at radius 3 is 1.79 bits per heavy atom. The molecule has 1 spiro atoms. The molecular weight excluding hydrogens is 785 g/mol. The minimum atomic E-state index is -0.702. The van der Waals surface area contributed by atoms with Crippen LogP contribution in [0.4, 0.5) is 9.59 Å². The molecule has 3 aliphatic rings. The first-order chi connectivity index (χ1) is 29.8. The fourth-order valence-corrected chi connectivity index (χ4v) is 9.44. The van der Waals surface area contributed by atoms with E-state index < -0.39 is 24.3 Å². The van der Waals surface area contributed by atoms with E-state index >= 15 is 0 Å². The number of imidazole rings is 2. The second-order valence-electron chi connectivity index (χ2n) is 18.0. The molecule has 4 N–H and O–H groups in total. The Morgan fingerprint density at radius 1 is 0.710 bits per heavy atom. The third kappa shape index (κ3) is 8.38. The van der Waals surface area contributed by atoms with Crippen molar-refractivity contribution in [2.24, 2.45) is 17.3 Å². The number of ether oxygens (including phenoxy) is 2. The van der Waals surface area contributed by atoms with Crippen LogP contribution < -0.4 is 10.6 Å². The number of H-pyrrole nitrogens is 2. The third-order valence-corrected chi connectivity index (χ3v) is 13.3. The highest BCUT2D eigenvalue weighted by atomic mass is 16.5. The summed E-state index contributed by atoms with van der Waals surface area (Å²) in [6.07, 6.45) is 7.92. The molecule has 62 heavy (non-hydrogen) atoms. The molecular formula is C48H58N8O6. The van der Waals surface area contributed by atoms with Crippen molar-refractivity contribution in [3.63, 3.8) is 0 Å². The molecule has 2 aromatic heterocycles. The lowest BCUT2D eigenvalue weighted by atomic mass is 9.98. The highest BCUT2D eigenvalue weighted by molar-refractivity contribution is 5.91. The molecule has 14 nitrogen and oxygen atoms in total. The lowest BCUT2D eigenvalue weighted by Gasteiger charge is -2.34. The van der Waals surface area contributed by atoms with Gasteiger partial charge >= 0.3 is 12.2 Å². The second-order valence-corrected chi connectivity index (χ2v) is 18.0. The Hall–Kier alpha value is -6.18. The van der Waals surface area contributed by atoms with Crippen molar-refractivity contribution >= 4 is 34.8 Å². The van der Waals surface area contributed by atoms with Gasteiger partial charge in [-0.1, -0.05) is 83.1 Å². The zero-order valence-electron chi connectivity index (χ0n) is 36.7. The Morgan fingerprint density at radius 2 is 1.23 bits per heavy atom. The van der Waals surface area contributed by atoms with E-state index in [-0.39, 0.29) is 47.2 Å². The van der Waals surface area contributed by atoms with Crippen molar-refractivity contribution < 1.29 is 28.7 Å². The summed E-state index contributed by atoms with van der Waals surface area (Å²) < 4.78 is 9.64. The molecule has 5 atom stereocenters. The molecule has 1 aliphatic carbocycles. The Kier molecular flexibility index (Phi) is 11.9. The number of hydrogen-bond acceptors (Lipinski definition) is 8. The number of nitrogens with zero attached hydrogens (tertiary/aromatic N) is 4. The van der Waals surface area contributed by atoms with Crippen LogP contribution in [0.3, 0.4) is 0 Å². The number of benzene rings is 3. The highest BCUT2D eigenvalue weighted by Gasteiger charge is 2.55. The van der Waals surface area contributed by atoms with Crippen LogP contribution in [-0.2, 0) is 19.1 Å². The quantitative estimate of drug-likeness (QED) is 0.0967. The molecule has 2 saturated heterocycles. The Bertz CT molecular complexity index is 2450. The van der Waals surface area contributed by atoms with Gasteiger partial charge in [0.15, 0.2) is 0 Å². The predicted octanol–water partition coefficient (Wildman–Crippen LogP) is 8.54. The average molecular weight is 843 g/mol. The van der Waals surface area contributed by atoms with Gasteiger partial charge in [0.25, 0.3) is 0 Å². The Balaban J connectivity index is 0.962.